The van der Waals surface area contributed by atoms with Crippen molar-refractivity contribution in [2.75, 3.05) is 0 Å². The zero-order valence-corrected chi connectivity index (χ0v) is 8.96. The molecule has 4 nitrogen and oxygen atoms in total. The van der Waals surface area contributed by atoms with E-state index in [0.717, 1.165) is 17.0 Å². The second-order valence-electron chi connectivity index (χ2n) is 3.30. The van der Waals surface area contributed by atoms with Gasteiger partial charge in [-0.25, -0.2) is 0 Å². The van der Waals surface area contributed by atoms with E-state index in [9.17, 15) is 0 Å². The van der Waals surface area contributed by atoms with E-state index < -0.39 is 0 Å². The Bertz CT molecular complexity index is 633. The summed E-state index contributed by atoms with van der Waals surface area (Å²) >= 11 is 6.12. The third kappa shape index (κ3) is 1.35. The summed E-state index contributed by atoms with van der Waals surface area (Å²) < 4.78 is 1.80. The normalized spacial score (nSPS) is 10.8. The maximum Gasteiger partial charge on any atom is 0.169 e. The Labute approximate surface area is 96.5 Å². The van der Waals surface area contributed by atoms with Crippen molar-refractivity contribution in [1.29, 1.82) is 0 Å². The second kappa shape index (κ2) is 3.57. The van der Waals surface area contributed by atoms with E-state index in [-0.39, 0.29) is 0 Å². The molecule has 0 aliphatic heterocycles. The molecule has 0 saturated heterocycles. The molecule has 3 heterocycles. The average molecular weight is 231 g/mol. The van der Waals surface area contributed by atoms with Gasteiger partial charge in [-0.1, -0.05) is 17.7 Å². The molecule has 3 aromatic heterocycles. The van der Waals surface area contributed by atoms with Gasteiger partial charge in [0.1, 0.15) is 5.15 Å². The predicted molar refractivity (Wildman–Crippen MR) is 61.2 cm³/mol. The lowest BCUT2D eigenvalue weighted by Crippen LogP contribution is -1.90. The van der Waals surface area contributed by atoms with Crippen molar-refractivity contribution in [1.82, 2.24) is 19.6 Å². The quantitative estimate of drug-likeness (QED) is 0.603. The molecule has 0 fully saturated rings. The highest BCUT2D eigenvalue weighted by atomic mass is 35.5. The van der Waals surface area contributed by atoms with Gasteiger partial charge in [-0.3, -0.25) is 9.38 Å². The van der Waals surface area contributed by atoms with Crippen molar-refractivity contribution in [3.8, 4) is 11.4 Å². The van der Waals surface area contributed by atoms with Crippen LogP contribution in [0.1, 0.15) is 0 Å². The van der Waals surface area contributed by atoms with Crippen LogP contribution in [-0.4, -0.2) is 19.6 Å². The fraction of sp³-hybridized carbons (Fsp3) is 0. The van der Waals surface area contributed by atoms with Gasteiger partial charge < -0.3 is 0 Å². The lowest BCUT2D eigenvalue weighted by atomic mass is 10.2. The lowest BCUT2D eigenvalue weighted by Gasteiger charge is -2.01. The predicted octanol–water partition coefficient (Wildman–Crippen LogP) is 2.44. The van der Waals surface area contributed by atoms with E-state index in [4.69, 9.17) is 11.6 Å². The Kier molecular flexibility index (Phi) is 2.08. The summed E-state index contributed by atoms with van der Waals surface area (Å²) in [6.07, 6.45) is 3.43. The van der Waals surface area contributed by atoms with Crippen LogP contribution in [0.3, 0.4) is 0 Å². The molecule has 0 N–H and O–H groups in total. The van der Waals surface area contributed by atoms with Crippen molar-refractivity contribution >= 4 is 17.2 Å². The number of aromatic nitrogens is 4. The Hall–Kier alpha value is -1.94. The molecule has 16 heavy (non-hydrogen) atoms. The Morgan fingerprint density at radius 3 is 2.62 bits per heavy atom. The van der Waals surface area contributed by atoms with Crippen LogP contribution in [0.5, 0.6) is 0 Å². The smallest absolute Gasteiger partial charge is 0.169 e. The second-order valence-corrected chi connectivity index (χ2v) is 3.69. The standard InChI is InChI=1S/C11H7ClN4/c12-9-2-1-3-10-14-15-11(16(9)10)8-4-6-13-7-5-8/h1-7H. The summed E-state index contributed by atoms with van der Waals surface area (Å²) in [6, 6.07) is 9.27. The van der Waals surface area contributed by atoms with Gasteiger partial charge in [-0.15, -0.1) is 10.2 Å². The van der Waals surface area contributed by atoms with E-state index >= 15 is 0 Å². The number of hydrogen-bond donors (Lipinski definition) is 0. The Morgan fingerprint density at radius 2 is 1.81 bits per heavy atom. The highest BCUT2D eigenvalue weighted by molar-refractivity contribution is 6.29. The van der Waals surface area contributed by atoms with Crippen molar-refractivity contribution in [3.05, 3.63) is 47.9 Å². The highest BCUT2D eigenvalue weighted by Gasteiger charge is 2.09. The van der Waals surface area contributed by atoms with Crippen LogP contribution in [0.25, 0.3) is 17.0 Å². The van der Waals surface area contributed by atoms with Gasteiger partial charge in [0.25, 0.3) is 0 Å². The number of halogens is 1. The minimum Gasteiger partial charge on any atom is -0.265 e. The molecule has 0 bridgehead atoms. The number of rotatable bonds is 1. The number of fused-ring (bicyclic) bond motifs is 1. The van der Waals surface area contributed by atoms with E-state index in [2.05, 4.69) is 15.2 Å². The monoisotopic (exact) mass is 230 g/mol. The maximum atomic E-state index is 6.12. The summed E-state index contributed by atoms with van der Waals surface area (Å²) in [5.41, 5.74) is 1.68. The molecule has 0 radical (unpaired) electrons. The van der Waals surface area contributed by atoms with E-state index in [1.54, 1.807) is 16.8 Å². The molecule has 78 valence electrons. The van der Waals surface area contributed by atoms with Crippen molar-refractivity contribution < 1.29 is 0 Å². The van der Waals surface area contributed by atoms with Crippen molar-refractivity contribution in [3.63, 3.8) is 0 Å². The maximum absolute atomic E-state index is 6.12. The molecule has 0 aliphatic rings. The van der Waals surface area contributed by atoms with Crippen LogP contribution < -0.4 is 0 Å². The minimum atomic E-state index is 0.592. The summed E-state index contributed by atoms with van der Waals surface area (Å²) in [5, 5.41) is 8.78. The molecule has 0 atom stereocenters. The van der Waals surface area contributed by atoms with E-state index in [1.807, 2.05) is 30.3 Å². The molecule has 0 spiro atoms. The summed E-state index contributed by atoms with van der Waals surface area (Å²) in [6.45, 7) is 0. The number of pyridine rings is 2. The summed E-state index contributed by atoms with van der Waals surface area (Å²) in [5.74, 6) is 0.725. The first-order valence-electron chi connectivity index (χ1n) is 4.76. The first-order chi connectivity index (χ1) is 7.86. The van der Waals surface area contributed by atoms with Gasteiger partial charge in [-0.05, 0) is 24.3 Å². The highest BCUT2D eigenvalue weighted by Crippen LogP contribution is 2.21. The fourth-order valence-corrected chi connectivity index (χ4v) is 1.83. The van der Waals surface area contributed by atoms with Crippen LogP contribution in [0, 0.1) is 0 Å². The number of nitrogens with zero attached hydrogens (tertiary/aromatic N) is 4. The Morgan fingerprint density at radius 1 is 1.00 bits per heavy atom. The van der Waals surface area contributed by atoms with Gasteiger partial charge >= 0.3 is 0 Å². The van der Waals surface area contributed by atoms with Gasteiger partial charge in [-0.2, -0.15) is 0 Å². The average Bonchev–Trinajstić information content (AvgIpc) is 2.75. The van der Waals surface area contributed by atoms with Crippen LogP contribution >= 0.6 is 11.6 Å². The van der Waals surface area contributed by atoms with Crippen molar-refractivity contribution in [2.24, 2.45) is 0 Å². The van der Waals surface area contributed by atoms with Crippen LogP contribution in [0.4, 0.5) is 0 Å². The zero-order chi connectivity index (χ0) is 11.0. The van der Waals surface area contributed by atoms with Gasteiger partial charge in [0.2, 0.25) is 0 Å². The minimum absolute atomic E-state index is 0.592. The zero-order valence-electron chi connectivity index (χ0n) is 8.21. The third-order valence-corrected chi connectivity index (χ3v) is 2.61. The SMILES string of the molecule is Clc1cccc2nnc(-c3ccncc3)n12. The molecule has 0 aromatic carbocycles. The first-order valence-corrected chi connectivity index (χ1v) is 5.14. The summed E-state index contributed by atoms with van der Waals surface area (Å²) in [4.78, 5) is 3.97. The molecule has 5 heteroatoms. The van der Waals surface area contributed by atoms with Crippen LogP contribution in [0.15, 0.2) is 42.7 Å². The largest absolute Gasteiger partial charge is 0.265 e. The lowest BCUT2D eigenvalue weighted by molar-refractivity contribution is 1.11. The van der Waals surface area contributed by atoms with Gasteiger partial charge in [0, 0.05) is 18.0 Å². The molecule has 0 unspecified atom stereocenters. The van der Waals surface area contributed by atoms with Crippen LogP contribution in [0.2, 0.25) is 5.15 Å². The van der Waals surface area contributed by atoms with E-state index in [0.29, 0.717) is 5.15 Å². The number of hydrogen-bond acceptors (Lipinski definition) is 3. The molecule has 3 rings (SSSR count). The first kappa shape index (κ1) is 9.30. The summed E-state index contributed by atoms with van der Waals surface area (Å²) in [7, 11) is 0. The molecular weight excluding hydrogens is 224 g/mol. The third-order valence-electron chi connectivity index (χ3n) is 2.32. The fourth-order valence-electron chi connectivity index (χ4n) is 1.59. The Balaban J connectivity index is 2.33. The van der Waals surface area contributed by atoms with Gasteiger partial charge in [0.05, 0.1) is 0 Å². The van der Waals surface area contributed by atoms with Crippen molar-refractivity contribution in [2.45, 2.75) is 0 Å². The van der Waals surface area contributed by atoms with Crippen LogP contribution in [-0.2, 0) is 0 Å². The topological polar surface area (TPSA) is 43.1 Å². The van der Waals surface area contributed by atoms with E-state index in [1.165, 1.54) is 0 Å². The van der Waals surface area contributed by atoms with Gasteiger partial charge in [0.15, 0.2) is 11.5 Å². The molecule has 0 amide bonds. The molecule has 0 aliphatic carbocycles. The molecule has 0 saturated carbocycles. The molecular formula is C11H7ClN4. The molecule has 3 aromatic rings.